The van der Waals surface area contributed by atoms with Gasteiger partial charge >= 0.3 is 0 Å². The smallest absolute Gasteiger partial charge is 0.287 e. The molecule has 36 heavy (non-hydrogen) atoms. The third kappa shape index (κ3) is 4.79. The number of nitrogens with one attached hydrogen (secondary N) is 3. The SMILES string of the molecule is C[C@H](NC(=O)c1ccco1)C(=O)NC[C@H](c1ccccc1)c1c(-c2ccccc2)[nH]c2ccccc12. The van der Waals surface area contributed by atoms with Crippen molar-refractivity contribution in [2.45, 2.75) is 18.9 Å². The molecule has 0 unspecified atom stereocenters. The van der Waals surface area contributed by atoms with Crippen LogP contribution in [0.1, 0.15) is 34.5 Å². The largest absolute Gasteiger partial charge is 0.459 e. The summed E-state index contributed by atoms with van der Waals surface area (Å²) in [5.74, 6) is -0.639. The molecule has 0 bridgehead atoms. The van der Waals surface area contributed by atoms with Crippen molar-refractivity contribution in [1.29, 1.82) is 0 Å². The summed E-state index contributed by atoms with van der Waals surface area (Å²) in [5, 5.41) is 6.87. The number of fused-ring (bicyclic) bond motifs is 1. The first kappa shape index (κ1) is 23.2. The predicted octanol–water partition coefficient (Wildman–Crippen LogP) is 5.49. The Bertz CT molecular complexity index is 1460. The second-order valence-electron chi connectivity index (χ2n) is 8.71. The number of hydrogen-bond donors (Lipinski definition) is 3. The fourth-order valence-electron chi connectivity index (χ4n) is 4.53. The number of furan rings is 1. The molecule has 5 aromatic rings. The van der Waals surface area contributed by atoms with Crippen LogP contribution in [0.2, 0.25) is 0 Å². The monoisotopic (exact) mass is 477 g/mol. The number of carbonyl (C=O) groups excluding carboxylic acids is 2. The summed E-state index contributed by atoms with van der Waals surface area (Å²) in [6.45, 7) is 2.03. The lowest BCUT2D eigenvalue weighted by Gasteiger charge is -2.22. The summed E-state index contributed by atoms with van der Waals surface area (Å²) in [7, 11) is 0. The molecule has 0 fully saturated rings. The van der Waals surface area contributed by atoms with E-state index < -0.39 is 11.9 Å². The van der Waals surface area contributed by atoms with Crippen LogP contribution in [-0.2, 0) is 4.79 Å². The van der Waals surface area contributed by atoms with Gasteiger partial charge in [-0.25, -0.2) is 0 Å². The average molecular weight is 478 g/mol. The highest BCUT2D eigenvalue weighted by Crippen LogP contribution is 2.38. The minimum absolute atomic E-state index is 0.116. The molecule has 3 N–H and O–H groups in total. The highest BCUT2D eigenvalue weighted by atomic mass is 16.3. The molecule has 0 saturated heterocycles. The van der Waals surface area contributed by atoms with Crippen LogP contribution < -0.4 is 10.6 Å². The van der Waals surface area contributed by atoms with Crippen LogP contribution in [-0.4, -0.2) is 29.4 Å². The van der Waals surface area contributed by atoms with Gasteiger partial charge in [0.25, 0.3) is 5.91 Å². The Balaban J connectivity index is 1.47. The Kier molecular flexibility index (Phi) is 6.67. The van der Waals surface area contributed by atoms with Gasteiger partial charge in [0.15, 0.2) is 5.76 Å². The van der Waals surface area contributed by atoms with Gasteiger partial charge in [-0.2, -0.15) is 0 Å². The predicted molar refractivity (Wildman–Crippen MR) is 141 cm³/mol. The first-order valence-electron chi connectivity index (χ1n) is 11.9. The normalized spacial score (nSPS) is 12.7. The maximum atomic E-state index is 13.0. The maximum Gasteiger partial charge on any atom is 0.287 e. The lowest BCUT2D eigenvalue weighted by Crippen LogP contribution is -2.45. The molecule has 0 spiro atoms. The molecule has 2 amide bonds. The van der Waals surface area contributed by atoms with Gasteiger partial charge in [0, 0.05) is 23.4 Å². The topological polar surface area (TPSA) is 87.1 Å². The van der Waals surface area contributed by atoms with E-state index in [4.69, 9.17) is 4.42 Å². The molecule has 5 rings (SSSR count). The Morgan fingerprint density at radius 1 is 0.861 bits per heavy atom. The summed E-state index contributed by atoms with van der Waals surface area (Å²) in [4.78, 5) is 28.9. The standard InChI is InChI=1S/C30H27N3O3/c1-20(32-30(35)26-17-10-18-36-26)29(34)31-19-24(21-11-4-2-5-12-21)27-23-15-8-9-16-25(23)33-28(27)22-13-6-3-7-14-22/h2-18,20,24,33H,19H2,1H3,(H,31,34)(H,32,35)/t20-,24+/m0/s1. The molecule has 180 valence electrons. The van der Waals surface area contributed by atoms with Crippen molar-refractivity contribution in [3.8, 4) is 11.3 Å². The van der Waals surface area contributed by atoms with Gasteiger partial charge in [0.1, 0.15) is 6.04 Å². The highest BCUT2D eigenvalue weighted by Gasteiger charge is 2.25. The zero-order valence-corrected chi connectivity index (χ0v) is 19.9. The van der Waals surface area contributed by atoms with E-state index >= 15 is 0 Å². The molecule has 2 atom stereocenters. The Morgan fingerprint density at radius 2 is 1.56 bits per heavy atom. The second-order valence-corrected chi connectivity index (χ2v) is 8.71. The van der Waals surface area contributed by atoms with Gasteiger partial charge in [0.2, 0.25) is 5.91 Å². The van der Waals surface area contributed by atoms with Crippen molar-refractivity contribution in [3.63, 3.8) is 0 Å². The van der Waals surface area contributed by atoms with Crippen molar-refractivity contribution < 1.29 is 14.0 Å². The van der Waals surface area contributed by atoms with Crippen LogP contribution in [0.4, 0.5) is 0 Å². The summed E-state index contributed by atoms with van der Waals surface area (Å²) < 4.78 is 5.13. The maximum absolute atomic E-state index is 13.0. The minimum Gasteiger partial charge on any atom is -0.459 e. The molecule has 6 nitrogen and oxygen atoms in total. The summed E-state index contributed by atoms with van der Waals surface area (Å²) >= 11 is 0. The van der Waals surface area contributed by atoms with Crippen molar-refractivity contribution in [3.05, 3.63) is 120 Å². The highest BCUT2D eigenvalue weighted by molar-refractivity contribution is 5.95. The number of benzene rings is 3. The van der Waals surface area contributed by atoms with Crippen LogP contribution in [0.15, 0.2) is 108 Å². The molecule has 3 aromatic carbocycles. The van der Waals surface area contributed by atoms with Crippen LogP contribution in [0.3, 0.4) is 0 Å². The van der Waals surface area contributed by atoms with E-state index in [1.165, 1.54) is 6.26 Å². The van der Waals surface area contributed by atoms with Crippen LogP contribution in [0.25, 0.3) is 22.2 Å². The van der Waals surface area contributed by atoms with E-state index in [0.717, 1.165) is 33.3 Å². The molecule has 0 radical (unpaired) electrons. The summed E-state index contributed by atoms with van der Waals surface area (Å²) in [5.41, 5.74) is 5.36. The summed E-state index contributed by atoms with van der Waals surface area (Å²) in [6.07, 6.45) is 1.43. The third-order valence-electron chi connectivity index (χ3n) is 6.33. The molecule has 0 saturated carbocycles. The fraction of sp³-hybridized carbons (Fsp3) is 0.133. The van der Waals surface area contributed by atoms with E-state index in [0.29, 0.717) is 6.54 Å². The van der Waals surface area contributed by atoms with Gasteiger partial charge < -0.3 is 20.0 Å². The number of H-pyrrole nitrogens is 1. The quantitative estimate of drug-likeness (QED) is 0.276. The van der Waals surface area contributed by atoms with E-state index in [2.05, 4.69) is 52.0 Å². The van der Waals surface area contributed by atoms with E-state index in [1.807, 2.05) is 48.5 Å². The van der Waals surface area contributed by atoms with Gasteiger partial charge in [-0.3, -0.25) is 9.59 Å². The van der Waals surface area contributed by atoms with Gasteiger partial charge in [-0.1, -0.05) is 78.9 Å². The van der Waals surface area contributed by atoms with Crippen molar-refractivity contribution in [2.75, 3.05) is 6.54 Å². The number of amides is 2. The minimum atomic E-state index is -0.726. The van der Waals surface area contributed by atoms with Crippen molar-refractivity contribution in [2.24, 2.45) is 0 Å². The van der Waals surface area contributed by atoms with Crippen LogP contribution in [0.5, 0.6) is 0 Å². The van der Waals surface area contributed by atoms with Gasteiger partial charge in [-0.15, -0.1) is 0 Å². The molecular weight excluding hydrogens is 450 g/mol. The number of carbonyl (C=O) groups is 2. The average Bonchev–Trinajstić information content (AvgIpc) is 3.59. The molecule has 0 aliphatic heterocycles. The third-order valence-corrected chi connectivity index (χ3v) is 6.33. The molecule has 2 heterocycles. The Morgan fingerprint density at radius 3 is 2.28 bits per heavy atom. The lowest BCUT2D eigenvalue weighted by atomic mass is 9.87. The van der Waals surface area contributed by atoms with Crippen molar-refractivity contribution >= 4 is 22.7 Å². The lowest BCUT2D eigenvalue weighted by molar-refractivity contribution is -0.122. The van der Waals surface area contributed by atoms with E-state index in [1.54, 1.807) is 19.1 Å². The van der Waals surface area contributed by atoms with Gasteiger partial charge in [0.05, 0.1) is 12.0 Å². The first-order valence-corrected chi connectivity index (χ1v) is 11.9. The fourth-order valence-corrected chi connectivity index (χ4v) is 4.53. The molecular formula is C30H27N3O3. The molecule has 0 aliphatic carbocycles. The molecule has 2 aromatic heterocycles. The van der Waals surface area contributed by atoms with Crippen molar-refractivity contribution in [1.82, 2.24) is 15.6 Å². The van der Waals surface area contributed by atoms with E-state index in [9.17, 15) is 9.59 Å². The number of rotatable bonds is 8. The zero-order valence-electron chi connectivity index (χ0n) is 19.9. The number of aromatic amines is 1. The second kappa shape index (κ2) is 10.4. The van der Waals surface area contributed by atoms with Crippen LogP contribution in [0, 0.1) is 0 Å². The number of hydrogen-bond acceptors (Lipinski definition) is 3. The molecule has 0 aliphatic rings. The zero-order chi connectivity index (χ0) is 24.9. The first-order chi connectivity index (χ1) is 17.6. The Hall–Kier alpha value is -4.58. The van der Waals surface area contributed by atoms with Crippen LogP contribution >= 0.6 is 0 Å². The van der Waals surface area contributed by atoms with E-state index in [-0.39, 0.29) is 17.6 Å². The molecule has 6 heteroatoms. The Labute approximate surface area is 209 Å². The van der Waals surface area contributed by atoms with Gasteiger partial charge in [-0.05, 0) is 41.8 Å². The number of para-hydroxylation sites is 1. The summed E-state index contributed by atoms with van der Waals surface area (Å²) in [6, 6.07) is 31.1. The number of aromatic nitrogens is 1.